The predicted octanol–water partition coefficient (Wildman–Crippen LogP) is 1.92. The second-order valence-electron chi connectivity index (χ2n) is 7.12. The average molecular weight is 491 g/mol. The molecule has 2 aromatic rings. The molecule has 2 aromatic carbocycles. The minimum absolute atomic E-state index is 0.0550. The summed E-state index contributed by atoms with van der Waals surface area (Å²) >= 11 is 0. The monoisotopic (exact) mass is 490 g/mol. The Kier molecular flexibility index (Phi) is 8.63. The third kappa shape index (κ3) is 6.34. The lowest BCUT2D eigenvalue weighted by Crippen LogP contribution is -2.40. The fourth-order valence-corrected chi connectivity index (χ4v) is 4.71. The van der Waals surface area contributed by atoms with E-state index < -0.39 is 28.5 Å². The molecule has 1 N–H and O–H groups in total. The van der Waals surface area contributed by atoms with Gasteiger partial charge in [-0.3, -0.25) is 4.79 Å². The quantitative estimate of drug-likeness (QED) is 0.418. The van der Waals surface area contributed by atoms with Crippen LogP contribution in [0.25, 0.3) is 6.08 Å². The zero-order valence-corrected chi connectivity index (χ0v) is 19.7. The first-order chi connectivity index (χ1) is 16.3. The number of carbonyl (C=O) groups excluding carboxylic acids is 2. The highest BCUT2D eigenvalue weighted by Gasteiger charge is 2.26. The number of morpholine rings is 1. The zero-order chi connectivity index (χ0) is 24.6. The Bertz CT molecular complexity index is 1160. The average Bonchev–Trinajstić information content (AvgIpc) is 2.86. The van der Waals surface area contributed by atoms with E-state index in [-0.39, 0.29) is 23.7 Å². The molecule has 0 unspecified atom stereocenters. The Morgan fingerprint density at radius 2 is 1.82 bits per heavy atom. The predicted molar refractivity (Wildman–Crippen MR) is 124 cm³/mol. The SMILES string of the molecule is COc1cccc(/C=C/C(=O)OCC(=O)Nc2cccc(S(=O)(=O)N3CCOCC3)c2)c1OC. The van der Waals surface area contributed by atoms with Crippen LogP contribution in [0.1, 0.15) is 5.56 Å². The van der Waals surface area contributed by atoms with Crippen LogP contribution < -0.4 is 14.8 Å². The molecular weight excluding hydrogens is 464 g/mol. The first-order valence-corrected chi connectivity index (χ1v) is 11.8. The molecule has 11 heteroatoms. The van der Waals surface area contributed by atoms with Crippen LogP contribution >= 0.6 is 0 Å². The first-order valence-electron chi connectivity index (χ1n) is 10.4. The van der Waals surface area contributed by atoms with Crippen molar-refractivity contribution in [3.63, 3.8) is 0 Å². The van der Waals surface area contributed by atoms with Gasteiger partial charge >= 0.3 is 5.97 Å². The summed E-state index contributed by atoms with van der Waals surface area (Å²) in [5, 5.41) is 2.54. The summed E-state index contributed by atoms with van der Waals surface area (Å²) < 4.78 is 47.6. The maximum Gasteiger partial charge on any atom is 0.331 e. The molecule has 0 atom stereocenters. The van der Waals surface area contributed by atoms with Crippen LogP contribution in [-0.4, -0.2) is 71.7 Å². The van der Waals surface area contributed by atoms with Gasteiger partial charge in [0, 0.05) is 30.4 Å². The number of amides is 1. The van der Waals surface area contributed by atoms with E-state index in [2.05, 4.69) is 5.32 Å². The van der Waals surface area contributed by atoms with Crippen LogP contribution in [0, 0.1) is 0 Å². The van der Waals surface area contributed by atoms with Crippen molar-refractivity contribution in [1.82, 2.24) is 4.31 Å². The number of rotatable bonds is 9. The molecule has 182 valence electrons. The van der Waals surface area contributed by atoms with E-state index in [0.717, 1.165) is 0 Å². The molecule has 10 nitrogen and oxygen atoms in total. The number of sulfonamides is 1. The number of nitrogens with zero attached hydrogens (tertiary/aromatic N) is 1. The molecule has 0 saturated carbocycles. The topological polar surface area (TPSA) is 120 Å². The van der Waals surface area contributed by atoms with Crippen molar-refractivity contribution < 1.29 is 37.0 Å². The molecule has 1 amide bonds. The lowest BCUT2D eigenvalue weighted by Gasteiger charge is -2.26. The molecule has 0 aromatic heterocycles. The Morgan fingerprint density at radius 1 is 1.09 bits per heavy atom. The molecule has 34 heavy (non-hydrogen) atoms. The van der Waals surface area contributed by atoms with Crippen molar-refractivity contribution in [3.05, 3.63) is 54.1 Å². The molecule has 1 saturated heterocycles. The largest absolute Gasteiger partial charge is 0.493 e. The van der Waals surface area contributed by atoms with Gasteiger partial charge in [0.15, 0.2) is 18.1 Å². The number of para-hydroxylation sites is 1. The summed E-state index contributed by atoms with van der Waals surface area (Å²) in [6, 6.07) is 11.1. The summed E-state index contributed by atoms with van der Waals surface area (Å²) in [6.45, 7) is 0.660. The number of methoxy groups -OCH3 is 2. The third-order valence-corrected chi connectivity index (χ3v) is 6.80. The number of benzene rings is 2. The van der Waals surface area contributed by atoms with Gasteiger partial charge in [-0.15, -0.1) is 0 Å². The van der Waals surface area contributed by atoms with Crippen LogP contribution in [0.15, 0.2) is 53.4 Å². The van der Waals surface area contributed by atoms with E-state index >= 15 is 0 Å². The van der Waals surface area contributed by atoms with Crippen molar-refractivity contribution >= 4 is 33.7 Å². The molecular formula is C23H26N2O8S. The number of hydrogen-bond acceptors (Lipinski definition) is 8. The van der Waals surface area contributed by atoms with Crippen molar-refractivity contribution in [2.75, 3.05) is 52.4 Å². The molecule has 0 spiro atoms. The normalized spacial score (nSPS) is 14.5. The smallest absolute Gasteiger partial charge is 0.331 e. The zero-order valence-electron chi connectivity index (χ0n) is 18.9. The second kappa shape index (κ2) is 11.6. The number of nitrogens with one attached hydrogen (secondary N) is 1. The van der Waals surface area contributed by atoms with Crippen LogP contribution in [0.3, 0.4) is 0 Å². The Balaban J connectivity index is 1.57. The lowest BCUT2D eigenvalue weighted by molar-refractivity contribution is -0.142. The molecule has 1 aliphatic rings. The highest BCUT2D eigenvalue weighted by molar-refractivity contribution is 7.89. The van der Waals surface area contributed by atoms with Crippen LogP contribution in [0.2, 0.25) is 0 Å². The highest BCUT2D eigenvalue weighted by atomic mass is 32.2. The Hall–Kier alpha value is -3.41. The number of ether oxygens (including phenoxy) is 4. The Morgan fingerprint density at radius 3 is 2.53 bits per heavy atom. The summed E-state index contributed by atoms with van der Waals surface area (Å²) in [7, 11) is -0.711. The summed E-state index contributed by atoms with van der Waals surface area (Å²) in [6.07, 6.45) is 2.65. The van der Waals surface area contributed by atoms with Crippen LogP contribution in [0.5, 0.6) is 11.5 Å². The minimum Gasteiger partial charge on any atom is -0.493 e. The molecule has 1 heterocycles. The fraction of sp³-hybridized carbons (Fsp3) is 0.304. The van der Waals surface area contributed by atoms with Crippen LogP contribution in [0.4, 0.5) is 5.69 Å². The van der Waals surface area contributed by atoms with E-state index in [1.165, 1.54) is 48.9 Å². The maximum atomic E-state index is 12.8. The first kappa shape index (κ1) is 25.2. The van der Waals surface area contributed by atoms with Crippen molar-refractivity contribution in [3.8, 4) is 11.5 Å². The van der Waals surface area contributed by atoms with Gasteiger partial charge in [0.05, 0.1) is 32.3 Å². The highest BCUT2D eigenvalue weighted by Crippen LogP contribution is 2.31. The lowest BCUT2D eigenvalue weighted by atomic mass is 10.1. The minimum atomic E-state index is -3.70. The fourth-order valence-electron chi connectivity index (χ4n) is 3.25. The van der Waals surface area contributed by atoms with E-state index in [1.807, 2.05) is 0 Å². The molecule has 1 fully saturated rings. The molecule has 0 aliphatic carbocycles. The summed E-state index contributed by atoms with van der Waals surface area (Å²) in [5.41, 5.74) is 0.869. The van der Waals surface area contributed by atoms with Gasteiger partial charge in [-0.05, 0) is 30.3 Å². The molecule has 0 radical (unpaired) electrons. The molecule has 1 aliphatic heterocycles. The van der Waals surface area contributed by atoms with Crippen molar-refractivity contribution in [1.29, 1.82) is 0 Å². The number of esters is 1. The maximum absolute atomic E-state index is 12.8. The standard InChI is InChI=1S/C23H26N2O8S/c1-30-20-8-3-5-17(23(20)31-2)9-10-22(27)33-16-21(26)24-18-6-4-7-19(15-18)34(28,29)25-11-13-32-14-12-25/h3-10,15H,11-14,16H2,1-2H3,(H,24,26)/b10-9+. The van der Waals surface area contributed by atoms with E-state index in [0.29, 0.717) is 30.3 Å². The van der Waals surface area contributed by atoms with Gasteiger partial charge in [-0.1, -0.05) is 18.2 Å². The summed E-state index contributed by atoms with van der Waals surface area (Å²) in [4.78, 5) is 24.3. The number of anilines is 1. The van der Waals surface area contributed by atoms with Gasteiger partial charge in [0.1, 0.15) is 0 Å². The van der Waals surface area contributed by atoms with Crippen molar-refractivity contribution in [2.45, 2.75) is 4.90 Å². The van der Waals surface area contributed by atoms with E-state index in [1.54, 1.807) is 24.3 Å². The van der Waals surface area contributed by atoms with Crippen molar-refractivity contribution in [2.24, 2.45) is 0 Å². The summed E-state index contributed by atoms with van der Waals surface area (Å²) in [5.74, 6) is -0.376. The van der Waals surface area contributed by atoms with Gasteiger partial charge in [-0.25, -0.2) is 13.2 Å². The Labute approximate surface area is 198 Å². The molecule has 3 rings (SSSR count). The molecule has 0 bridgehead atoms. The van der Waals surface area contributed by atoms with Crippen LogP contribution in [-0.2, 0) is 29.1 Å². The second-order valence-corrected chi connectivity index (χ2v) is 9.05. The third-order valence-electron chi connectivity index (χ3n) is 4.90. The van der Waals surface area contributed by atoms with E-state index in [4.69, 9.17) is 18.9 Å². The number of carbonyl (C=O) groups is 2. The van der Waals surface area contributed by atoms with Gasteiger partial charge in [0.2, 0.25) is 10.0 Å². The van der Waals surface area contributed by atoms with Gasteiger partial charge < -0.3 is 24.3 Å². The number of hydrogen-bond donors (Lipinski definition) is 1. The van der Waals surface area contributed by atoms with E-state index in [9.17, 15) is 18.0 Å². The van der Waals surface area contributed by atoms with Gasteiger partial charge in [-0.2, -0.15) is 4.31 Å². The van der Waals surface area contributed by atoms with Gasteiger partial charge in [0.25, 0.3) is 5.91 Å².